The smallest absolute Gasteiger partial charge is 0.270 e. The van der Waals surface area contributed by atoms with Crippen LogP contribution in [0.5, 0.6) is 0 Å². The molecule has 0 aliphatic heterocycles. The van der Waals surface area contributed by atoms with Gasteiger partial charge in [-0.2, -0.15) is 0 Å². The minimum Gasteiger partial charge on any atom is -0.270 e. The van der Waals surface area contributed by atoms with Gasteiger partial charge in [-0.05, 0) is 25.0 Å². The summed E-state index contributed by atoms with van der Waals surface area (Å²) in [6, 6.07) is 9.51. The molecule has 0 atom stereocenters. The number of nitrogens with one attached hydrogen (secondary N) is 1. The van der Waals surface area contributed by atoms with Crippen LogP contribution >= 0.6 is 0 Å². The maximum atomic E-state index is 11.9. The van der Waals surface area contributed by atoms with Crippen molar-refractivity contribution in [2.45, 2.75) is 31.8 Å². The van der Waals surface area contributed by atoms with Gasteiger partial charge in [-0.1, -0.05) is 36.3 Å². The van der Waals surface area contributed by atoms with Crippen LogP contribution in [0.15, 0.2) is 36.5 Å². The highest BCUT2D eigenvalue weighted by Gasteiger charge is 2.18. The zero-order valence-electron chi connectivity index (χ0n) is 11.0. The summed E-state index contributed by atoms with van der Waals surface area (Å²) in [6.07, 6.45) is 6.02. The Hall–Kier alpha value is -2.21. The molecule has 1 aliphatic carbocycles. The average molecular weight is 272 g/mol. The Kier molecular flexibility index (Phi) is 3.73. The van der Waals surface area contributed by atoms with Crippen LogP contribution in [-0.2, 0) is 4.84 Å². The lowest BCUT2D eigenvalue weighted by Crippen LogP contribution is -2.28. The minimum atomic E-state index is -0.362. The van der Waals surface area contributed by atoms with Crippen LogP contribution in [0.25, 0.3) is 5.69 Å². The van der Waals surface area contributed by atoms with Gasteiger partial charge in [0.2, 0.25) is 0 Å². The van der Waals surface area contributed by atoms with Crippen molar-refractivity contribution < 1.29 is 9.63 Å². The van der Waals surface area contributed by atoms with Crippen molar-refractivity contribution in [3.05, 3.63) is 42.2 Å². The SMILES string of the molecule is O=C(NOC1CCCC1)c1cn(-c2ccccc2)nn1. The molecule has 1 aromatic carbocycles. The Labute approximate surface area is 116 Å². The standard InChI is InChI=1S/C14H16N4O2/c19-14(16-20-12-8-4-5-9-12)13-10-18(17-15-13)11-6-2-1-3-7-11/h1-3,6-7,10,12H,4-5,8-9H2,(H,16,19). The molecule has 0 spiro atoms. The third-order valence-corrected chi connectivity index (χ3v) is 3.37. The second kappa shape index (κ2) is 5.83. The maximum absolute atomic E-state index is 11.9. The van der Waals surface area contributed by atoms with Gasteiger partial charge in [-0.15, -0.1) is 5.10 Å². The number of nitrogens with zero attached hydrogens (tertiary/aromatic N) is 3. The van der Waals surface area contributed by atoms with E-state index in [0.717, 1.165) is 31.4 Å². The van der Waals surface area contributed by atoms with E-state index in [1.165, 1.54) is 0 Å². The highest BCUT2D eigenvalue weighted by atomic mass is 16.7. The molecule has 0 unspecified atom stereocenters. The number of hydrogen-bond donors (Lipinski definition) is 1. The predicted molar refractivity (Wildman–Crippen MR) is 72.2 cm³/mol. The summed E-state index contributed by atoms with van der Waals surface area (Å²) in [7, 11) is 0. The fourth-order valence-electron chi connectivity index (χ4n) is 2.27. The first-order valence-corrected chi connectivity index (χ1v) is 6.77. The largest absolute Gasteiger partial charge is 0.297 e. The lowest BCUT2D eigenvalue weighted by molar-refractivity contribution is -0.0127. The molecule has 3 rings (SSSR count). The topological polar surface area (TPSA) is 69.0 Å². The number of hydrogen-bond acceptors (Lipinski definition) is 4. The van der Waals surface area contributed by atoms with Crippen molar-refractivity contribution in [2.24, 2.45) is 0 Å². The van der Waals surface area contributed by atoms with Crippen LogP contribution in [0.2, 0.25) is 0 Å². The van der Waals surface area contributed by atoms with Gasteiger partial charge in [0.15, 0.2) is 5.69 Å². The van der Waals surface area contributed by atoms with Crippen molar-refractivity contribution in [1.82, 2.24) is 20.5 Å². The molecule has 0 radical (unpaired) electrons. The molecule has 2 aromatic rings. The van der Waals surface area contributed by atoms with Gasteiger partial charge < -0.3 is 0 Å². The number of amides is 1. The third-order valence-electron chi connectivity index (χ3n) is 3.37. The van der Waals surface area contributed by atoms with Crippen LogP contribution in [0, 0.1) is 0 Å². The molecular weight excluding hydrogens is 256 g/mol. The van der Waals surface area contributed by atoms with E-state index in [1.807, 2.05) is 30.3 Å². The summed E-state index contributed by atoms with van der Waals surface area (Å²) in [5, 5.41) is 7.80. The lowest BCUT2D eigenvalue weighted by Gasteiger charge is -2.09. The maximum Gasteiger partial charge on any atom is 0.297 e. The van der Waals surface area contributed by atoms with Crippen LogP contribution < -0.4 is 5.48 Å². The fourth-order valence-corrected chi connectivity index (χ4v) is 2.27. The van der Waals surface area contributed by atoms with Gasteiger partial charge in [-0.3, -0.25) is 9.63 Å². The number of benzene rings is 1. The fraction of sp³-hybridized carbons (Fsp3) is 0.357. The number of rotatable bonds is 4. The van der Waals surface area contributed by atoms with E-state index in [0.29, 0.717) is 0 Å². The molecule has 1 heterocycles. The van der Waals surface area contributed by atoms with Gasteiger partial charge >= 0.3 is 0 Å². The van der Waals surface area contributed by atoms with Gasteiger partial charge in [-0.25, -0.2) is 10.2 Å². The number of carbonyl (C=O) groups is 1. The van der Waals surface area contributed by atoms with Crippen LogP contribution in [-0.4, -0.2) is 27.0 Å². The molecule has 1 N–H and O–H groups in total. The molecule has 1 saturated carbocycles. The molecular formula is C14H16N4O2. The Morgan fingerprint density at radius 1 is 1.25 bits per heavy atom. The molecule has 6 heteroatoms. The highest BCUT2D eigenvalue weighted by molar-refractivity contribution is 5.91. The third kappa shape index (κ3) is 2.85. The van der Waals surface area contributed by atoms with E-state index in [2.05, 4.69) is 15.8 Å². The molecule has 0 bridgehead atoms. The molecule has 6 nitrogen and oxygen atoms in total. The molecule has 0 saturated heterocycles. The first-order chi connectivity index (χ1) is 9.83. The molecule has 104 valence electrons. The van der Waals surface area contributed by atoms with E-state index in [-0.39, 0.29) is 17.7 Å². The van der Waals surface area contributed by atoms with Gasteiger partial charge in [0, 0.05) is 0 Å². The number of hydroxylamine groups is 1. The zero-order valence-corrected chi connectivity index (χ0v) is 11.0. The summed E-state index contributed by atoms with van der Waals surface area (Å²) in [6.45, 7) is 0. The number of aromatic nitrogens is 3. The van der Waals surface area contributed by atoms with Crippen molar-refractivity contribution in [3.63, 3.8) is 0 Å². The van der Waals surface area contributed by atoms with Crippen LogP contribution in [0.3, 0.4) is 0 Å². The monoisotopic (exact) mass is 272 g/mol. The molecule has 1 amide bonds. The molecule has 1 aromatic heterocycles. The second-order valence-electron chi connectivity index (χ2n) is 4.84. The van der Waals surface area contributed by atoms with E-state index >= 15 is 0 Å². The summed E-state index contributed by atoms with van der Waals surface area (Å²) < 4.78 is 1.56. The van der Waals surface area contributed by atoms with Gasteiger partial charge in [0.1, 0.15) is 0 Å². The highest BCUT2D eigenvalue weighted by Crippen LogP contribution is 2.19. The van der Waals surface area contributed by atoms with Crippen molar-refractivity contribution in [3.8, 4) is 5.69 Å². The van der Waals surface area contributed by atoms with E-state index < -0.39 is 0 Å². The van der Waals surface area contributed by atoms with Crippen molar-refractivity contribution in [2.75, 3.05) is 0 Å². The first kappa shape index (κ1) is 12.8. The molecule has 1 fully saturated rings. The Balaban J connectivity index is 1.62. The molecule has 1 aliphatic rings. The van der Waals surface area contributed by atoms with E-state index in [1.54, 1.807) is 10.9 Å². The average Bonchev–Trinajstić information content (AvgIpc) is 3.17. The number of carbonyl (C=O) groups excluding carboxylic acids is 1. The summed E-state index contributed by atoms with van der Waals surface area (Å²) in [5.41, 5.74) is 3.55. The summed E-state index contributed by atoms with van der Waals surface area (Å²) in [5.74, 6) is -0.362. The van der Waals surface area contributed by atoms with Gasteiger partial charge in [0.05, 0.1) is 18.0 Å². The van der Waals surface area contributed by atoms with Crippen LogP contribution in [0.1, 0.15) is 36.2 Å². The quantitative estimate of drug-likeness (QED) is 0.863. The Morgan fingerprint density at radius 2 is 2.00 bits per heavy atom. The van der Waals surface area contributed by atoms with E-state index in [9.17, 15) is 4.79 Å². The van der Waals surface area contributed by atoms with E-state index in [4.69, 9.17) is 4.84 Å². The first-order valence-electron chi connectivity index (χ1n) is 6.77. The molecule has 20 heavy (non-hydrogen) atoms. The summed E-state index contributed by atoms with van der Waals surface area (Å²) in [4.78, 5) is 17.3. The van der Waals surface area contributed by atoms with Crippen molar-refractivity contribution in [1.29, 1.82) is 0 Å². The second-order valence-corrected chi connectivity index (χ2v) is 4.84. The normalized spacial score (nSPS) is 15.4. The van der Waals surface area contributed by atoms with Crippen molar-refractivity contribution >= 4 is 5.91 Å². The summed E-state index contributed by atoms with van der Waals surface area (Å²) >= 11 is 0. The minimum absolute atomic E-state index is 0.128. The number of para-hydroxylation sites is 1. The predicted octanol–water partition coefficient (Wildman–Crippen LogP) is 1.87. The Bertz CT molecular complexity index is 576. The van der Waals surface area contributed by atoms with Gasteiger partial charge in [0.25, 0.3) is 5.91 Å². The zero-order chi connectivity index (χ0) is 13.8. The lowest BCUT2D eigenvalue weighted by atomic mass is 10.3. The Morgan fingerprint density at radius 3 is 2.75 bits per heavy atom. The van der Waals surface area contributed by atoms with Crippen LogP contribution in [0.4, 0.5) is 0 Å².